The van der Waals surface area contributed by atoms with Gasteiger partial charge in [-0.05, 0) is 36.3 Å². The van der Waals surface area contributed by atoms with Crippen LogP contribution in [-0.2, 0) is 11.2 Å². The van der Waals surface area contributed by atoms with Gasteiger partial charge in [0.2, 0.25) is 5.91 Å². The summed E-state index contributed by atoms with van der Waals surface area (Å²) in [5.41, 5.74) is 2.27. The van der Waals surface area contributed by atoms with Crippen LogP contribution in [0.5, 0.6) is 0 Å². The summed E-state index contributed by atoms with van der Waals surface area (Å²) in [6, 6.07) is 8.16. The van der Waals surface area contributed by atoms with E-state index in [2.05, 4.69) is 19.1 Å². The van der Waals surface area contributed by atoms with Crippen LogP contribution in [0.1, 0.15) is 12.5 Å². The summed E-state index contributed by atoms with van der Waals surface area (Å²) in [5.74, 6) is 0.0459. The number of anilines is 1. The highest BCUT2D eigenvalue weighted by Crippen LogP contribution is 2.20. The summed E-state index contributed by atoms with van der Waals surface area (Å²) in [4.78, 5) is 14.9. The second-order valence-corrected chi connectivity index (χ2v) is 4.21. The molecule has 0 N–H and O–H groups in total. The molecule has 1 amide bonds. The molecular weight excluding hydrogens is 220 g/mol. The third kappa shape index (κ3) is 1.80. The Balaban J connectivity index is 2.25. The third-order valence-electron chi connectivity index (χ3n) is 2.84. The average Bonchev–Trinajstić information content (AvgIpc) is 2.57. The van der Waals surface area contributed by atoms with Crippen molar-refractivity contribution >= 4 is 28.9 Å². The van der Waals surface area contributed by atoms with Gasteiger partial charge in [0, 0.05) is 12.7 Å². The van der Waals surface area contributed by atoms with Crippen LogP contribution in [0.15, 0.2) is 24.3 Å². The summed E-state index contributed by atoms with van der Waals surface area (Å²) in [7, 11) is 1.71. The van der Waals surface area contributed by atoms with Crippen molar-refractivity contribution in [3.8, 4) is 0 Å². The van der Waals surface area contributed by atoms with Crippen LogP contribution in [-0.4, -0.2) is 29.5 Å². The molecule has 84 valence electrons. The molecule has 1 aliphatic rings. The topological polar surface area (TPSA) is 23.6 Å². The lowest BCUT2D eigenvalue weighted by Crippen LogP contribution is -2.29. The van der Waals surface area contributed by atoms with Gasteiger partial charge in [0.15, 0.2) is 5.11 Å². The molecular formula is C12H14N2OS. The van der Waals surface area contributed by atoms with E-state index in [1.807, 2.05) is 17.0 Å². The zero-order chi connectivity index (χ0) is 11.7. The van der Waals surface area contributed by atoms with Gasteiger partial charge in [-0.2, -0.15) is 0 Å². The van der Waals surface area contributed by atoms with Gasteiger partial charge in [-0.15, -0.1) is 0 Å². The van der Waals surface area contributed by atoms with Crippen LogP contribution in [0.3, 0.4) is 0 Å². The second-order valence-electron chi connectivity index (χ2n) is 3.84. The van der Waals surface area contributed by atoms with Gasteiger partial charge in [-0.3, -0.25) is 9.69 Å². The summed E-state index contributed by atoms with van der Waals surface area (Å²) in [6.45, 7) is 2.47. The van der Waals surface area contributed by atoms with Gasteiger partial charge in [0.1, 0.15) is 6.54 Å². The molecule has 0 saturated carbocycles. The maximum absolute atomic E-state index is 11.5. The maximum Gasteiger partial charge on any atom is 0.248 e. The normalized spacial score (nSPS) is 16.1. The lowest BCUT2D eigenvalue weighted by Gasteiger charge is -2.17. The second kappa shape index (κ2) is 4.22. The molecule has 0 unspecified atom stereocenters. The molecule has 0 bridgehead atoms. The van der Waals surface area contributed by atoms with Gasteiger partial charge in [-0.1, -0.05) is 19.1 Å². The number of thiocarbonyl (C=S) groups is 1. The summed E-state index contributed by atoms with van der Waals surface area (Å²) < 4.78 is 0. The van der Waals surface area contributed by atoms with Gasteiger partial charge in [0.05, 0.1) is 0 Å². The number of aryl methyl sites for hydroxylation is 1. The highest BCUT2D eigenvalue weighted by molar-refractivity contribution is 7.80. The van der Waals surface area contributed by atoms with E-state index in [-0.39, 0.29) is 5.91 Å². The van der Waals surface area contributed by atoms with Crippen molar-refractivity contribution in [3.05, 3.63) is 29.8 Å². The highest BCUT2D eigenvalue weighted by Gasteiger charge is 2.30. The molecule has 1 heterocycles. The zero-order valence-electron chi connectivity index (χ0n) is 9.43. The number of nitrogens with zero attached hydrogens (tertiary/aromatic N) is 2. The van der Waals surface area contributed by atoms with E-state index < -0.39 is 0 Å². The van der Waals surface area contributed by atoms with Crippen molar-refractivity contribution in [1.29, 1.82) is 0 Å². The van der Waals surface area contributed by atoms with E-state index >= 15 is 0 Å². The molecule has 2 rings (SSSR count). The van der Waals surface area contributed by atoms with E-state index in [0.29, 0.717) is 11.7 Å². The summed E-state index contributed by atoms with van der Waals surface area (Å²) in [6.07, 6.45) is 1.02. The molecule has 0 aromatic heterocycles. The lowest BCUT2D eigenvalue weighted by molar-refractivity contribution is -0.123. The van der Waals surface area contributed by atoms with Gasteiger partial charge in [-0.25, -0.2) is 0 Å². The number of hydrogen-bond acceptors (Lipinski definition) is 2. The van der Waals surface area contributed by atoms with Crippen LogP contribution < -0.4 is 4.90 Å². The predicted octanol–water partition coefficient (Wildman–Crippen LogP) is 1.81. The minimum Gasteiger partial charge on any atom is -0.309 e. The molecule has 1 aromatic carbocycles. The predicted molar refractivity (Wildman–Crippen MR) is 68.5 cm³/mol. The third-order valence-corrected chi connectivity index (χ3v) is 3.34. The fourth-order valence-corrected chi connectivity index (χ4v) is 1.98. The Morgan fingerprint density at radius 2 is 1.94 bits per heavy atom. The lowest BCUT2D eigenvalue weighted by atomic mass is 10.1. The fraction of sp³-hybridized carbons (Fsp3) is 0.333. The molecule has 1 aromatic rings. The summed E-state index contributed by atoms with van der Waals surface area (Å²) in [5, 5.41) is 0.578. The molecule has 1 aliphatic heterocycles. The molecule has 16 heavy (non-hydrogen) atoms. The summed E-state index contributed by atoms with van der Waals surface area (Å²) >= 11 is 5.21. The van der Waals surface area contributed by atoms with Crippen molar-refractivity contribution in [2.24, 2.45) is 0 Å². The first-order valence-electron chi connectivity index (χ1n) is 5.30. The van der Waals surface area contributed by atoms with Crippen molar-refractivity contribution < 1.29 is 4.79 Å². The molecule has 1 saturated heterocycles. The number of likely N-dealkylation sites (N-methyl/N-ethyl adjacent to an activating group) is 1. The van der Waals surface area contributed by atoms with Crippen molar-refractivity contribution in [1.82, 2.24) is 4.90 Å². The van der Waals surface area contributed by atoms with Crippen molar-refractivity contribution in [3.63, 3.8) is 0 Å². The molecule has 3 nitrogen and oxygen atoms in total. The highest BCUT2D eigenvalue weighted by atomic mass is 32.1. The monoisotopic (exact) mass is 234 g/mol. The standard InChI is InChI=1S/C12H14N2OS/c1-3-9-4-6-10(7-5-9)14-8-11(15)13(2)12(14)16/h4-7H,3,8H2,1-2H3. The van der Waals surface area contributed by atoms with Crippen LogP contribution in [0, 0.1) is 0 Å². The zero-order valence-corrected chi connectivity index (χ0v) is 10.3. The largest absolute Gasteiger partial charge is 0.309 e. The van der Waals surface area contributed by atoms with Crippen LogP contribution in [0.4, 0.5) is 5.69 Å². The minimum atomic E-state index is 0.0459. The maximum atomic E-state index is 11.5. The SMILES string of the molecule is CCc1ccc(N2CC(=O)N(C)C2=S)cc1. The van der Waals surface area contributed by atoms with E-state index in [9.17, 15) is 4.79 Å². The minimum absolute atomic E-state index is 0.0459. The first-order chi connectivity index (χ1) is 7.63. The van der Waals surface area contributed by atoms with E-state index in [1.165, 1.54) is 10.5 Å². The van der Waals surface area contributed by atoms with Crippen molar-refractivity contribution in [2.45, 2.75) is 13.3 Å². The van der Waals surface area contributed by atoms with E-state index in [4.69, 9.17) is 12.2 Å². The number of carbonyl (C=O) groups excluding carboxylic acids is 1. The number of benzene rings is 1. The van der Waals surface area contributed by atoms with Gasteiger partial charge >= 0.3 is 0 Å². The number of carbonyl (C=O) groups is 1. The Bertz CT molecular complexity index is 427. The van der Waals surface area contributed by atoms with Crippen LogP contribution in [0.2, 0.25) is 0 Å². The molecule has 0 spiro atoms. The Kier molecular flexibility index (Phi) is 2.92. The molecule has 4 heteroatoms. The van der Waals surface area contributed by atoms with Crippen LogP contribution in [0.25, 0.3) is 0 Å². The Morgan fingerprint density at radius 1 is 1.31 bits per heavy atom. The molecule has 1 fully saturated rings. The first-order valence-corrected chi connectivity index (χ1v) is 5.71. The number of amides is 1. The molecule has 0 aliphatic carbocycles. The Hall–Kier alpha value is -1.42. The Morgan fingerprint density at radius 3 is 2.38 bits per heavy atom. The smallest absolute Gasteiger partial charge is 0.248 e. The number of hydrogen-bond donors (Lipinski definition) is 0. The van der Waals surface area contributed by atoms with Gasteiger partial charge in [0.25, 0.3) is 0 Å². The van der Waals surface area contributed by atoms with Crippen molar-refractivity contribution in [2.75, 3.05) is 18.5 Å². The Labute approximate surface area is 101 Å². The number of rotatable bonds is 2. The van der Waals surface area contributed by atoms with Gasteiger partial charge < -0.3 is 4.90 Å². The quantitative estimate of drug-likeness (QED) is 0.729. The fourth-order valence-electron chi connectivity index (χ4n) is 1.71. The molecule has 0 radical (unpaired) electrons. The van der Waals surface area contributed by atoms with E-state index in [1.54, 1.807) is 7.05 Å². The van der Waals surface area contributed by atoms with Crippen LogP contribution >= 0.6 is 12.2 Å². The molecule has 0 atom stereocenters. The first kappa shape index (κ1) is 11.1. The average molecular weight is 234 g/mol. The van der Waals surface area contributed by atoms with E-state index in [0.717, 1.165) is 12.1 Å².